The molecule has 1 aromatic heterocycles. The highest BCUT2D eigenvalue weighted by atomic mass is 32.2. The summed E-state index contributed by atoms with van der Waals surface area (Å²) in [5.41, 5.74) is 3.12. The number of thioether (sulfide) groups is 1. The predicted molar refractivity (Wildman–Crippen MR) is 135 cm³/mol. The first-order valence-electron chi connectivity index (χ1n) is 12.1. The standard InChI is InChI=1S/C26H22F6N4O3S/c27-25(28,29)17-3-1-15(19(11-17)26(30,31)32)10-18(14-2-4-20-16(9-14)12-34-35-20)21-22(37)36(23(38)40-21)13-24(33)5-7-39-8-6-24/h1-4,9,11-12H,5-8,10,13,33H2,(H,34,35)/b21-18-. The molecule has 2 aliphatic rings. The Balaban J connectivity index is 1.61. The fraction of sp³-hybridized carbons (Fsp3) is 0.346. The molecule has 212 valence electrons. The smallest absolute Gasteiger partial charge is 0.381 e. The number of halogens is 6. The topological polar surface area (TPSA) is 101 Å². The molecule has 0 spiro atoms. The van der Waals surface area contributed by atoms with Crippen molar-refractivity contribution >= 4 is 39.4 Å². The minimum Gasteiger partial charge on any atom is -0.381 e. The SMILES string of the molecule is NC1(CN2C(=O)S/C(=C(/Cc3ccc(C(F)(F)F)cc3C(F)(F)F)c3ccc4[nH]ncc4c3)C2=O)CCOCC1. The number of H-pyrrole nitrogens is 1. The molecule has 2 aromatic carbocycles. The molecule has 2 aliphatic heterocycles. The first-order chi connectivity index (χ1) is 18.7. The number of nitrogens with two attached hydrogens (primary N) is 1. The molecule has 0 saturated carbocycles. The molecule has 0 aliphatic carbocycles. The van der Waals surface area contributed by atoms with Gasteiger partial charge in [-0.1, -0.05) is 12.1 Å². The van der Waals surface area contributed by atoms with E-state index in [9.17, 15) is 35.9 Å². The molecule has 0 atom stereocenters. The third-order valence-electron chi connectivity index (χ3n) is 6.98. The third-order valence-corrected chi connectivity index (χ3v) is 8.00. The van der Waals surface area contributed by atoms with E-state index in [4.69, 9.17) is 10.5 Å². The minimum atomic E-state index is -5.11. The van der Waals surface area contributed by atoms with E-state index in [0.29, 0.717) is 60.4 Å². The number of rotatable bonds is 5. The van der Waals surface area contributed by atoms with Gasteiger partial charge in [-0.3, -0.25) is 19.6 Å². The number of imide groups is 1. The lowest BCUT2D eigenvalue weighted by Crippen LogP contribution is -2.54. The third kappa shape index (κ3) is 5.60. The minimum absolute atomic E-state index is 0.0568. The Kier molecular flexibility index (Phi) is 7.21. The second-order valence-electron chi connectivity index (χ2n) is 9.76. The van der Waals surface area contributed by atoms with E-state index in [-0.39, 0.29) is 23.1 Å². The monoisotopic (exact) mass is 584 g/mol. The number of aromatic nitrogens is 2. The molecule has 2 fully saturated rings. The molecule has 0 radical (unpaired) electrons. The van der Waals surface area contributed by atoms with Crippen LogP contribution in [0.3, 0.4) is 0 Å². The van der Waals surface area contributed by atoms with Crippen LogP contribution in [-0.4, -0.2) is 51.5 Å². The maximum Gasteiger partial charge on any atom is 0.416 e. The number of carbonyl (C=O) groups is 2. The first-order valence-corrected chi connectivity index (χ1v) is 12.9. The number of fused-ring (bicyclic) bond motifs is 1. The molecular weight excluding hydrogens is 562 g/mol. The molecule has 2 saturated heterocycles. The Morgan fingerprint density at radius 1 is 1.05 bits per heavy atom. The Labute approximate surface area is 227 Å². The quantitative estimate of drug-likeness (QED) is 0.292. The van der Waals surface area contributed by atoms with Crippen LogP contribution in [0, 0.1) is 0 Å². The van der Waals surface area contributed by atoms with Crippen molar-refractivity contribution in [2.45, 2.75) is 37.2 Å². The number of hydrogen-bond acceptors (Lipinski definition) is 6. The summed E-state index contributed by atoms with van der Waals surface area (Å²) < 4.78 is 86.9. The number of benzene rings is 2. The number of nitrogens with one attached hydrogen (secondary N) is 1. The largest absolute Gasteiger partial charge is 0.416 e. The lowest BCUT2D eigenvalue weighted by atomic mass is 9.90. The van der Waals surface area contributed by atoms with E-state index in [1.54, 1.807) is 18.2 Å². The second kappa shape index (κ2) is 10.2. The Morgan fingerprint density at radius 2 is 1.77 bits per heavy atom. The van der Waals surface area contributed by atoms with E-state index in [2.05, 4.69) is 10.2 Å². The van der Waals surface area contributed by atoms with Crippen LogP contribution in [0.25, 0.3) is 16.5 Å². The van der Waals surface area contributed by atoms with Crippen molar-refractivity contribution in [1.29, 1.82) is 0 Å². The summed E-state index contributed by atoms with van der Waals surface area (Å²) in [7, 11) is 0. The summed E-state index contributed by atoms with van der Waals surface area (Å²) in [6.07, 6.45) is -8.38. The normalized spacial score (nSPS) is 19.5. The van der Waals surface area contributed by atoms with Crippen molar-refractivity contribution < 1.29 is 40.7 Å². The number of carbonyl (C=O) groups excluding carboxylic acids is 2. The summed E-state index contributed by atoms with van der Waals surface area (Å²) in [5.74, 6) is -0.728. The van der Waals surface area contributed by atoms with Crippen molar-refractivity contribution in [3.8, 4) is 0 Å². The maximum absolute atomic E-state index is 14.0. The average Bonchev–Trinajstić information content (AvgIpc) is 3.46. The van der Waals surface area contributed by atoms with Crippen molar-refractivity contribution in [3.05, 3.63) is 69.8 Å². The number of ether oxygens (including phenoxy) is 1. The van der Waals surface area contributed by atoms with Crippen molar-refractivity contribution in [3.63, 3.8) is 0 Å². The molecule has 2 amide bonds. The fourth-order valence-electron chi connectivity index (χ4n) is 4.77. The zero-order valence-electron chi connectivity index (χ0n) is 20.7. The second-order valence-corrected chi connectivity index (χ2v) is 10.7. The van der Waals surface area contributed by atoms with Gasteiger partial charge in [0.25, 0.3) is 11.1 Å². The van der Waals surface area contributed by atoms with E-state index in [1.165, 1.54) is 6.20 Å². The van der Waals surface area contributed by atoms with Crippen LogP contribution in [0.4, 0.5) is 31.1 Å². The molecule has 3 heterocycles. The van der Waals surface area contributed by atoms with Gasteiger partial charge in [0.15, 0.2) is 0 Å². The summed E-state index contributed by atoms with van der Waals surface area (Å²) in [6.45, 7) is 0.603. The van der Waals surface area contributed by atoms with Crippen molar-refractivity contribution in [1.82, 2.24) is 15.1 Å². The van der Waals surface area contributed by atoms with Gasteiger partial charge in [0, 0.05) is 30.7 Å². The van der Waals surface area contributed by atoms with Gasteiger partial charge in [-0.2, -0.15) is 31.4 Å². The molecule has 3 aromatic rings. The number of aromatic amines is 1. The van der Waals surface area contributed by atoms with Gasteiger partial charge in [-0.15, -0.1) is 0 Å². The van der Waals surface area contributed by atoms with Gasteiger partial charge in [0.05, 0.1) is 27.7 Å². The average molecular weight is 585 g/mol. The molecular formula is C26H22F6N4O3S. The van der Waals surface area contributed by atoms with Gasteiger partial charge in [0.1, 0.15) is 0 Å². The molecule has 7 nitrogen and oxygen atoms in total. The van der Waals surface area contributed by atoms with Gasteiger partial charge in [-0.25, -0.2) is 0 Å². The number of amides is 2. The van der Waals surface area contributed by atoms with E-state index in [1.807, 2.05) is 0 Å². The molecule has 0 bridgehead atoms. The highest BCUT2D eigenvalue weighted by Crippen LogP contribution is 2.43. The lowest BCUT2D eigenvalue weighted by Gasteiger charge is -2.35. The number of hydrogen-bond donors (Lipinski definition) is 2. The van der Waals surface area contributed by atoms with Crippen LogP contribution >= 0.6 is 11.8 Å². The fourth-order valence-corrected chi connectivity index (χ4v) is 5.72. The summed E-state index contributed by atoms with van der Waals surface area (Å²) >= 11 is 0.565. The number of allylic oxidation sites excluding steroid dienone is 1. The van der Waals surface area contributed by atoms with Crippen LogP contribution in [0.2, 0.25) is 0 Å². The van der Waals surface area contributed by atoms with Crippen molar-refractivity contribution in [2.24, 2.45) is 5.73 Å². The molecule has 5 rings (SSSR count). The summed E-state index contributed by atoms with van der Waals surface area (Å²) in [6, 6.07) is 6.11. The van der Waals surface area contributed by atoms with Gasteiger partial charge in [-0.05, 0) is 72.0 Å². The van der Waals surface area contributed by atoms with Gasteiger partial charge in [0.2, 0.25) is 0 Å². The van der Waals surface area contributed by atoms with Crippen LogP contribution < -0.4 is 5.73 Å². The Hall–Kier alpha value is -3.36. The van der Waals surface area contributed by atoms with Gasteiger partial charge < -0.3 is 10.5 Å². The summed E-state index contributed by atoms with van der Waals surface area (Å²) in [5, 5.41) is 6.61. The van der Waals surface area contributed by atoms with Gasteiger partial charge >= 0.3 is 12.4 Å². The Morgan fingerprint density at radius 3 is 2.45 bits per heavy atom. The number of nitrogens with zero attached hydrogens (tertiary/aromatic N) is 2. The highest BCUT2D eigenvalue weighted by Gasteiger charge is 2.43. The van der Waals surface area contributed by atoms with Crippen LogP contribution in [0.1, 0.15) is 35.1 Å². The lowest BCUT2D eigenvalue weighted by molar-refractivity contribution is -0.143. The molecule has 0 unspecified atom stereocenters. The first kappa shape index (κ1) is 28.2. The van der Waals surface area contributed by atoms with E-state index < -0.39 is 52.1 Å². The molecule has 3 N–H and O–H groups in total. The van der Waals surface area contributed by atoms with Crippen LogP contribution in [0.5, 0.6) is 0 Å². The van der Waals surface area contributed by atoms with E-state index in [0.717, 1.165) is 11.0 Å². The number of alkyl halides is 6. The molecule has 14 heteroatoms. The zero-order valence-corrected chi connectivity index (χ0v) is 21.5. The summed E-state index contributed by atoms with van der Waals surface area (Å²) in [4.78, 5) is 27.4. The van der Waals surface area contributed by atoms with Crippen LogP contribution in [0.15, 0.2) is 47.5 Å². The molecule has 40 heavy (non-hydrogen) atoms. The predicted octanol–water partition coefficient (Wildman–Crippen LogP) is 5.76. The Bertz CT molecular complexity index is 1510. The maximum atomic E-state index is 14.0. The zero-order chi connectivity index (χ0) is 28.9. The van der Waals surface area contributed by atoms with Crippen molar-refractivity contribution in [2.75, 3.05) is 19.8 Å². The highest BCUT2D eigenvalue weighted by molar-refractivity contribution is 8.18. The van der Waals surface area contributed by atoms with E-state index >= 15 is 0 Å². The van der Waals surface area contributed by atoms with Crippen LogP contribution in [-0.2, 0) is 28.3 Å².